The lowest BCUT2D eigenvalue weighted by Crippen LogP contribution is -2.34. The number of nitrogens with zero attached hydrogens (tertiary/aromatic N) is 2. The van der Waals surface area contributed by atoms with E-state index >= 15 is 0 Å². The third kappa shape index (κ3) is 7.31. The van der Waals surface area contributed by atoms with Gasteiger partial charge in [0.2, 0.25) is 5.88 Å². The van der Waals surface area contributed by atoms with Crippen molar-refractivity contribution in [3.63, 3.8) is 0 Å². The molecule has 38 heavy (non-hydrogen) atoms. The molecule has 9 nitrogen and oxygen atoms in total. The Labute approximate surface area is 216 Å². The number of benzene rings is 1. The zero-order valence-electron chi connectivity index (χ0n) is 20.4. The summed E-state index contributed by atoms with van der Waals surface area (Å²) in [5.41, 5.74) is 4.93. The van der Waals surface area contributed by atoms with Gasteiger partial charge in [0.1, 0.15) is 22.9 Å². The molecule has 0 spiro atoms. The molecule has 2 heterocycles. The number of rotatable bonds is 9. The molecule has 2 aromatic heterocycles. The van der Waals surface area contributed by atoms with Crippen LogP contribution >= 0.6 is 0 Å². The van der Waals surface area contributed by atoms with Gasteiger partial charge in [-0.05, 0) is 49.2 Å². The van der Waals surface area contributed by atoms with Crippen LogP contribution in [-0.4, -0.2) is 43.2 Å². The first kappa shape index (κ1) is 28.6. The molecule has 3 rings (SSSR count). The Morgan fingerprint density at radius 3 is 2.42 bits per heavy atom. The van der Waals surface area contributed by atoms with Crippen LogP contribution in [0.5, 0.6) is 11.6 Å². The van der Waals surface area contributed by atoms with Crippen molar-refractivity contribution in [3.8, 4) is 22.9 Å². The molecule has 1 atom stereocenters. The first-order valence-corrected chi connectivity index (χ1v) is 12.6. The summed E-state index contributed by atoms with van der Waals surface area (Å²) in [6.07, 6.45) is -7.25. The van der Waals surface area contributed by atoms with Crippen LogP contribution in [0.2, 0.25) is 0 Å². The standard InChI is InChI=1S/C24H24F4N4O5S/c1-13(2)12-36-17-10-15(9-16(25)11-17)19-8-7-18(23(30-19)37-14(3)24(26,27)28)22(33)32-38(34,35)21-6-4-5-20(29)31-21/h4-11,13-14H,12H2,1-3H3,(H2,29,31)(H,32,33). The van der Waals surface area contributed by atoms with E-state index in [0.29, 0.717) is 6.92 Å². The van der Waals surface area contributed by atoms with E-state index in [0.717, 1.165) is 24.3 Å². The van der Waals surface area contributed by atoms with Gasteiger partial charge >= 0.3 is 6.18 Å². The highest BCUT2D eigenvalue weighted by Gasteiger charge is 2.39. The zero-order valence-corrected chi connectivity index (χ0v) is 21.2. The van der Waals surface area contributed by atoms with Gasteiger partial charge in [-0.15, -0.1) is 0 Å². The molecule has 1 amide bonds. The van der Waals surface area contributed by atoms with Crippen molar-refractivity contribution in [2.75, 3.05) is 12.3 Å². The third-order valence-electron chi connectivity index (χ3n) is 4.85. The van der Waals surface area contributed by atoms with Gasteiger partial charge in [0, 0.05) is 11.6 Å². The Balaban J connectivity index is 2.02. The van der Waals surface area contributed by atoms with Crippen LogP contribution in [0.15, 0.2) is 53.6 Å². The highest BCUT2D eigenvalue weighted by molar-refractivity contribution is 7.90. The van der Waals surface area contributed by atoms with Crippen LogP contribution in [0.3, 0.4) is 0 Å². The lowest BCUT2D eigenvalue weighted by atomic mass is 10.1. The highest BCUT2D eigenvalue weighted by atomic mass is 32.2. The fourth-order valence-electron chi connectivity index (χ4n) is 2.96. The molecule has 0 aliphatic rings. The van der Waals surface area contributed by atoms with Crippen molar-refractivity contribution in [2.45, 2.75) is 38.1 Å². The first-order chi connectivity index (χ1) is 17.7. The molecule has 0 fully saturated rings. The Bertz CT molecular complexity index is 1430. The average molecular weight is 557 g/mol. The van der Waals surface area contributed by atoms with E-state index in [-0.39, 0.29) is 35.3 Å². The molecule has 204 valence electrons. The second kappa shape index (κ2) is 11.2. The molecule has 3 aromatic rings. The quantitative estimate of drug-likeness (QED) is 0.372. The number of hydrogen-bond donors (Lipinski definition) is 2. The van der Waals surface area contributed by atoms with E-state index in [1.54, 1.807) is 4.72 Å². The number of nitrogen functional groups attached to an aromatic ring is 1. The maximum Gasteiger partial charge on any atom is 0.425 e. The van der Waals surface area contributed by atoms with Crippen LogP contribution in [0.1, 0.15) is 31.1 Å². The van der Waals surface area contributed by atoms with Gasteiger partial charge < -0.3 is 15.2 Å². The van der Waals surface area contributed by atoms with Crippen LogP contribution < -0.4 is 19.9 Å². The van der Waals surface area contributed by atoms with E-state index in [4.69, 9.17) is 15.2 Å². The van der Waals surface area contributed by atoms with Crippen molar-refractivity contribution in [1.29, 1.82) is 0 Å². The predicted octanol–water partition coefficient (Wildman–Crippen LogP) is 4.35. The number of hydrogen-bond acceptors (Lipinski definition) is 8. The van der Waals surface area contributed by atoms with Gasteiger partial charge in [0.15, 0.2) is 11.1 Å². The van der Waals surface area contributed by atoms with Crippen molar-refractivity contribution in [1.82, 2.24) is 14.7 Å². The number of nitrogens with one attached hydrogen (secondary N) is 1. The third-order valence-corrected chi connectivity index (χ3v) is 6.08. The van der Waals surface area contributed by atoms with Gasteiger partial charge in [-0.1, -0.05) is 19.9 Å². The van der Waals surface area contributed by atoms with Crippen LogP contribution in [0.25, 0.3) is 11.3 Å². The minimum absolute atomic E-state index is 0.0554. The Morgan fingerprint density at radius 1 is 1.08 bits per heavy atom. The lowest BCUT2D eigenvalue weighted by Gasteiger charge is -2.19. The normalized spacial score (nSPS) is 12.7. The van der Waals surface area contributed by atoms with Gasteiger partial charge in [-0.3, -0.25) is 4.79 Å². The average Bonchev–Trinajstić information content (AvgIpc) is 2.81. The molecular formula is C24H24F4N4O5S. The number of carbonyl (C=O) groups excluding carboxylic acids is 1. The highest BCUT2D eigenvalue weighted by Crippen LogP contribution is 2.31. The van der Waals surface area contributed by atoms with Gasteiger partial charge in [-0.25, -0.2) is 19.1 Å². The molecule has 0 bridgehead atoms. The summed E-state index contributed by atoms with van der Waals surface area (Å²) in [6, 6.07) is 9.50. The van der Waals surface area contributed by atoms with Crippen molar-refractivity contribution in [3.05, 3.63) is 59.9 Å². The van der Waals surface area contributed by atoms with E-state index < -0.39 is 50.5 Å². The number of sulfonamides is 1. The van der Waals surface area contributed by atoms with E-state index in [1.807, 2.05) is 13.8 Å². The molecule has 0 saturated heterocycles. The van der Waals surface area contributed by atoms with E-state index in [9.17, 15) is 30.8 Å². The maximum absolute atomic E-state index is 14.3. The maximum atomic E-state index is 14.3. The van der Waals surface area contributed by atoms with Crippen molar-refractivity contribution >= 4 is 21.7 Å². The number of ether oxygens (including phenoxy) is 2. The fourth-order valence-corrected chi connectivity index (χ4v) is 3.91. The summed E-state index contributed by atoms with van der Waals surface area (Å²) >= 11 is 0. The topological polar surface area (TPSA) is 134 Å². The van der Waals surface area contributed by atoms with Gasteiger partial charge in [0.25, 0.3) is 15.9 Å². The van der Waals surface area contributed by atoms with Crippen molar-refractivity contribution < 1.29 is 40.2 Å². The molecule has 0 aliphatic carbocycles. The molecular weight excluding hydrogens is 532 g/mol. The number of halogens is 4. The lowest BCUT2D eigenvalue weighted by molar-refractivity contribution is -0.190. The summed E-state index contributed by atoms with van der Waals surface area (Å²) < 4.78 is 91.3. The predicted molar refractivity (Wildman–Crippen MR) is 129 cm³/mol. The van der Waals surface area contributed by atoms with E-state index in [2.05, 4.69) is 9.97 Å². The molecule has 1 aromatic carbocycles. The Kier molecular flexibility index (Phi) is 8.44. The summed E-state index contributed by atoms with van der Waals surface area (Å²) in [6.45, 7) is 4.74. The summed E-state index contributed by atoms with van der Waals surface area (Å²) in [7, 11) is -4.55. The Morgan fingerprint density at radius 2 is 1.79 bits per heavy atom. The summed E-state index contributed by atoms with van der Waals surface area (Å²) in [5.74, 6) is -2.70. The minimum Gasteiger partial charge on any atom is -0.493 e. The smallest absolute Gasteiger partial charge is 0.425 e. The SMILES string of the molecule is CC(C)COc1cc(F)cc(-c2ccc(C(=O)NS(=O)(=O)c3cccc(N)n3)c(OC(C)C(F)(F)F)n2)c1. The number of pyridine rings is 2. The van der Waals surface area contributed by atoms with Gasteiger partial charge in [-0.2, -0.15) is 21.6 Å². The number of carbonyl (C=O) groups is 1. The fraction of sp³-hybridized carbons (Fsp3) is 0.292. The number of anilines is 1. The largest absolute Gasteiger partial charge is 0.493 e. The number of nitrogens with two attached hydrogens (primary N) is 1. The van der Waals surface area contributed by atoms with Crippen LogP contribution in [-0.2, 0) is 10.0 Å². The number of amides is 1. The minimum atomic E-state index is -4.83. The molecule has 14 heteroatoms. The van der Waals surface area contributed by atoms with Crippen LogP contribution in [0, 0.1) is 11.7 Å². The molecule has 3 N–H and O–H groups in total. The van der Waals surface area contributed by atoms with Crippen molar-refractivity contribution in [2.24, 2.45) is 5.92 Å². The molecule has 0 saturated carbocycles. The van der Waals surface area contributed by atoms with E-state index in [1.165, 1.54) is 24.3 Å². The number of aromatic nitrogens is 2. The zero-order chi connectivity index (χ0) is 28.3. The summed E-state index contributed by atoms with van der Waals surface area (Å²) in [5, 5.41) is -0.588. The number of alkyl halides is 3. The molecule has 0 radical (unpaired) electrons. The first-order valence-electron chi connectivity index (χ1n) is 11.1. The molecule has 1 unspecified atom stereocenters. The van der Waals surface area contributed by atoms with Gasteiger partial charge in [0.05, 0.1) is 12.3 Å². The second-order valence-corrected chi connectivity index (χ2v) is 10.2. The molecule has 0 aliphatic heterocycles. The van der Waals surface area contributed by atoms with Crippen LogP contribution in [0.4, 0.5) is 23.4 Å². The monoisotopic (exact) mass is 556 g/mol. The second-order valence-electron chi connectivity index (χ2n) is 8.57. The Hall–Kier alpha value is -3.94. The summed E-state index contributed by atoms with van der Waals surface area (Å²) in [4.78, 5) is 20.4.